The summed E-state index contributed by atoms with van der Waals surface area (Å²) >= 11 is -0.0260. The van der Waals surface area contributed by atoms with E-state index in [0.29, 0.717) is 6.54 Å². The minimum absolute atomic E-state index is 0.00667. The van der Waals surface area contributed by atoms with Gasteiger partial charge in [0.25, 0.3) is 0 Å². The summed E-state index contributed by atoms with van der Waals surface area (Å²) in [5.74, 6) is 0.00667. The summed E-state index contributed by atoms with van der Waals surface area (Å²) in [5, 5.41) is 12.3. The molecule has 0 saturated heterocycles. The Morgan fingerprint density at radius 2 is 2.07 bits per heavy atom. The number of alkyl halides is 3. The average molecular weight is 229 g/mol. The lowest BCUT2D eigenvalue weighted by Crippen LogP contribution is -2.37. The molecule has 0 aromatic rings. The highest BCUT2D eigenvalue weighted by atomic mass is 32.2. The van der Waals surface area contributed by atoms with E-state index in [1.54, 1.807) is 0 Å². The summed E-state index contributed by atoms with van der Waals surface area (Å²) in [6, 6.07) is -0.0103. The molecule has 2 N–H and O–H groups in total. The summed E-state index contributed by atoms with van der Waals surface area (Å²) in [6.45, 7) is 0.298. The quantitative estimate of drug-likeness (QED) is 0.720. The standard InChI is InChI=1S/C8H14F3NOS/c9-8(10,11)14-5-4-12-6-2-1-3-7(6)13/h6-7,12-13H,1-5H2/t6-,7-/m1/s1. The van der Waals surface area contributed by atoms with Gasteiger partial charge in [-0.05, 0) is 31.0 Å². The normalized spacial score (nSPS) is 28.3. The number of halogens is 3. The molecule has 84 valence electrons. The third-order valence-electron chi connectivity index (χ3n) is 2.25. The maximum atomic E-state index is 11.7. The number of rotatable bonds is 4. The van der Waals surface area contributed by atoms with Gasteiger partial charge in [-0.15, -0.1) is 0 Å². The monoisotopic (exact) mass is 229 g/mol. The van der Waals surface area contributed by atoms with Crippen molar-refractivity contribution in [3.05, 3.63) is 0 Å². The molecule has 0 amide bonds. The van der Waals surface area contributed by atoms with Gasteiger partial charge in [0.2, 0.25) is 0 Å². The molecule has 2 nitrogen and oxygen atoms in total. The van der Waals surface area contributed by atoms with E-state index >= 15 is 0 Å². The predicted octanol–water partition coefficient (Wildman–Crippen LogP) is 1.74. The summed E-state index contributed by atoms with van der Waals surface area (Å²) in [5.41, 5.74) is -4.14. The smallest absolute Gasteiger partial charge is 0.392 e. The number of nitrogens with one attached hydrogen (secondary N) is 1. The van der Waals surface area contributed by atoms with Gasteiger partial charge in [0, 0.05) is 18.3 Å². The van der Waals surface area contributed by atoms with Crippen LogP contribution < -0.4 is 5.32 Å². The molecule has 2 atom stereocenters. The van der Waals surface area contributed by atoms with Crippen molar-refractivity contribution in [1.82, 2.24) is 5.32 Å². The summed E-state index contributed by atoms with van der Waals surface area (Å²) < 4.78 is 35.2. The molecule has 14 heavy (non-hydrogen) atoms. The van der Waals surface area contributed by atoms with Crippen LogP contribution in [0.4, 0.5) is 13.2 Å². The van der Waals surface area contributed by atoms with E-state index < -0.39 is 5.51 Å². The second kappa shape index (κ2) is 5.23. The summed E-state index contributed by atoms with van der Waals surface area (Å²) in [7, 11) is 0. The van der Waals surface area contributed by atoms with Crippen molar-refractivity contribution in [1.29, 1.82) is 0 Å². The molecule has 1 saturated carbocycles. The van der Waals surface area contributed by atoms with Crippen LogP contribution in [0.25, 0.3) is 0 Å². The highest BCUT2D eigenvalue weighted by Gasteiger charge is 2.28. The van der Waals surface area contributed by atoms with Gasteiger partial charge < -0.3 is 10.4 Å². The largest absolute Gasteiger partial charge is 0.441 e. The van der Waals surface area contributed by atoms with E-state index in [1.807, 2.05) is 0 Å². The lowest BCUT2D eigenvalue weighted by molar-refractivity contribution is -0.0327. The van der Waals surface area contributed by atoms with E-state index in [-0.39, 0.29) is 29.7 Å². The minimum atomic E-state index is -4.14. The van der Waals surface area contributed by atoms with Crippen LogP contribution in [0.2, 0.25) is 0 Å². The second-order valence-electron chi connectivity index (χ2n) is 3.35. The molecule has 0 heterocycles. The Hall–Kier alpha value is 0.0600. The Morgan fingerprint density at radius 1 is 1.36 bits per heavy atom. The van der Waals surface area contributed by atoms with Crippen molar-refractivity contribution in [2.75, 3.05) is 12.3 Å². The fourth-order valence-electron chi connectivity index (χ4n) is 1.59. The van der Waals surface area contributed by atoms with Gasteiger partial charge in [-0.2, -0.15) is 13.2 Å². The molecule has 0 aromatic heterocycles. The fourth-order valence-corrected chi connectivity index (χ4v) is 2.04. The van der Waals surface area contributed by atoms with Crippen LogP contribution in [-0.4, -0.2) is 35.1 Å². The van der Waals surface area contributed by atoms with Gasteiger partial charge in [0.05, 0.1) is 6.10 Å². The van der Waals surface area contributed by atoms with E-state index in [2.05, 4.69) is 5.32 Å². The topological polar surface area (TPSA) is 32.3 Å². The first-order valence-electron chi connectivity index (χ1n) is 4.61. The molecular weight excluding hydrogens is 215 g/mol. The first-order chi connectivity index (χ1) is 6.49. The maximum absolute atomic E-state index is 11.7. The predicted molar refractivity (Wildman–Crippen MR) is 50.2 cm³/mol. The van der Waals surface area contributed by atoms with Crippen molar-refractivity contribution < 1.29 is 18.3 Å². The molecule has 0 aromatic carbocycles. The highest BCUT2D eigenvalue weighted by molar-refractivity contribution is 8.00. The molecule has 1 rings (SSSR count). The van der Waals surface area contributed by atoms with Gasteiger partial charge in [0.1, 0.15) is 0 Å². The molecule has 0 aliphatic heterocycles. The Kier molecular flexibility index (Phi) is 4.53. The minimum Gasteiger partial charge on any atom is -0.392 e. The zero-order valence-corrected chi connectivity index (χ0v) is 8.50. The van der Waals surface area contributed by atoms with E-state index in [0.717, 1.165) is 19.3 Å². The van der Waals surface area contributed by atoms with Crippen LogP contribution in [0.3, 0.4) is 0 Å². The number of hydrogen-bond acceptors (Lipinski definition) is 3. The molecule has 1 fully saturated rings. The van der Waals surface area contributed by atoms with Crippen LogP contribution in [0.15, 0.2) is 0 Å². The van der Waals surface area contributed by atoms with Gasteiger partial charge in [-0.1, -0.05) is 0 Å². The molecule has 0 radical (unpaired) electrons. The van der Waals surface area contributed by atoms with Crippen molar-refractivity contribution in [2.45, 2.75) is 36.9 Å². The Morgan fingerprint density at radius 3 is 2.57 bits per heavy atom. The van der Waals surface area contributed by atoms with Crippen molar-refractivity contribution in [2.24, 2.45) is 0 Å². The van der Waals surface area contributed by atoms with Gasteiger partial charge in [-0.25, -0.2) is 0 Å². The number of aliphatic hydroxyl groups excluding tert-OH is 1. The van der Waals surface area contributed by atoms with Gasteiger partial charge in [0.15, 0.2) is 0 Å². The molecule has 0 spiro atoms. The first-order valence-corrected chi connectivity index (χ1v) is 5.60. The molecule has 1 aliphatic carbocycles. The van der Waals surface area contributed by atoms with Gasteiger partial charge >= 0.3 is 5.51 Å². The average Bonchev–Trinajstić information content (AvgIpc) is 2.44. The Balaban J connectivity index is 2.04. The molecule has 0 unspecified atom stereocenters. The third kappa shape index (κ3) is 4.52. The molecule has 6 heteroatoms. The summed E-state index contributed by atoms with van der Waals surface area (Å²) in [6.07, 6.45) is 2.18. The molecule has 1 aliphatic rings. The summed E-state index contributed by atoms with van der Waals surface area (Å²) in [4.78, 5) is 0. The van der Waals surface area contributed by atoms with E-state index in [1.165, 1.54) is 0 Å². The molecule has 0 bridgehead atoms. The number of hydrogen-bond donors (Lipinski definition) is 2. The highest BCUT2D eigenvalue weighted by Crippen LogP contribution is 2.29. The zero-order chi connectivity index (χ0) is 10.6. The van der Waals surface area contributed by atoms with Crippen LogP contribution in [0, 0.1) is 0 Å². The SMILES string of the molecule is O[C@@H]1CCC[C@H]1NCCSC(F)(F)F. The van der Waals surface area contributed by atoms with Crippen LogP contribution >= 0.6 is 11.8 Å². The van der Waals surface area contributed by atoms with E-state index in [4.69, 9.17) is 0 Å². The van der Waals surface area contributed by atoms with Crippen LogP contribution in [0.5, 0.6) is 0 Å². The lowest BCUT2D eigenvalue weighted by atomic mass is 10.2. The zero-order valence-electron chi connectivity index (χ0n) is 7.68. The molecular formula is C8H14F3NOS. The lowest BCUT2D eigenvalue weighted by Gasteiger charge is -2.16. The Labute approximate surface area is 85.3 Å². The Bertz CT molecular complexity index is 176. The number of thioether (sulfide) groups is 1. The van der Waals surface area contributed by atoms with Crippen molar-refractivity contribution in [3.63, 3.8) is 0 Å². The second-order valence-corrected chi connectivity index (χ2v) is 4.51. The van der Waals surface area contributed by atoms with Crippen LogP contribution in [-0.2, 0) is 0 Å². The van der Waals surface area contributed by atoms with Crippen molar-refractivity contribution in [3.8, 4) is 0 Å². The number of aliphatic hydroxyl groups is 1. The third-order valence-corrected chi connectivity index (χ3v) is 2.99. The van der Waals surface area contributed by atoms with Crippen molar-refractivity contribution >= 4 is 11.8 Å². The maximum Gasteiger partial charge on any atom is 0.441 e. The van der Waals surface area contributed by atoms with Crippen LogP contribution in [0.1, 0.15) is 19.3 Å². The van der Waals surface area contributed by atoms with E-state index in [9.17, 15) is 18.3 Å². The first kappa shape index (κ1) is 12.1. The van der Waals surface area contributed by atoms with Gasteiger partial charge in [-0.3, -0.25) is 0 Å². The fraction of sp³-hybridized carbons (Fsp3) is 1.00.